The van der Waals surface area contributed by atoms with E-state index in [-0.39, 0.29) is 16.5 Å². The number of thioether (sulfide) groups is 1. The molecule has 4 aromatic rings. The zero-order chi connectivity index (χ0) is 26.6. The maximum absolute atomic E-state index is 13.4. The van der Waals surface area contributed by atoms with Gasteiger partial charge in [-0.05, 0) is 47.5 Å². The monoisotopic (exact) mass is 545 g/mol. The summed E-state index contributed by atoms with van der Waals surface area (Å²) in [5, 5.41) is 20.1. The molecule has 2 heterocycles. The van der Waals surface area contributed by atoms with Crippen LogP contribution in [0.1, 0.15) is 22.7 Å². The van der Waals surface area contributed by atoms with Crippen molar-refractivity contribution in [3.05, 3.63) is 101 Å². The summed E-state index contributed by atoms with van der Waals surface area (Å²) < 4.78 is 11.2. The normalized spacial score (nSPS) is 16.6. The number of anilines is 1. The Morgan fingerprint density at radius 3 is 2.39 bits per heavy atom. The van der Waals surface area contributed by atoms with Gasteiger partial charge in [-0.3, -0.25) is 14.5 Å². The number of carbonyl (C=O) groups excluding carboxylic acids is 2. The topological polar surface area (TPSA) is 102 Å². The van der Waals surface area contributed by atoms with Gasteiger partial charge in [0.1, 0.15) is 17.3 Å². The Morgan fingerprint density at radius 1 is 0.947 bits per heavy atom. The highest BCUT2D eigenvalue weighted by molar-refractivity contribution is 8.00. The SMILES string of the molecule is COc1ccc(/C(O)=C2/C(=O)C(=O)N(c3nnc(SCc4ccccc4)s3)C2c2cccc(OC)c2)cc1. The largest absolute Gasteiger partial charge is 0.507 e. The summed E-state index contributed by atoms with van der Waals surface area (Å²) in [5.74, 6) is -0.0481. The standard InChI is InChI=1S/C28H23N3O5S2/c1-35-20-13-11-18(12-14-20)24(32)22-23(19-9-6-10-21(15-19)36-2)31(26(34)25(22)33)27-29-30-28(38-27)37-16-17-7-4-3-5-8-17/h3-15,23,32H,16H2,1-2H3/b24-22-. The zero-order valence-electron chi connectivity index (χ0n) is 20.5. The summed E-state index contributed by atoms with van der Waals surface area (Å²) in [5.41, 5.74) is 2.06. The van der Waals surface area contributed by atoms with Crippen molar-refractivity contribution in [1.82, 2.24) is 10.2 Å². The summed E-state index contributed by atoms with van der Waals surface area (Å²) in [4.78, 5) is 28.1. The average molecular weight is 546 g/mol. The first kappa shape index (κ1) is 25.5. The number of aliphatic hydroxyl groups excluding tert-OH is 1. The number of hydrogen-bond donors (Lipinski definition) is 1. The first-order chi connectivity index (χ1) is 18.5. The quantitative estimate of drug-likeness (QED) is 0.102. The van der Waals surface area contributed by atoms with Gasteiger partial charge in [0.15, 0.2) is 4.34 Å². The van der Waals surface area contributed by atoms with Gasteiger partial charge in [-0.25, -0.2) is 0 Å². The van der Waals surface area contributed by atoms with E-state index in [1.807, 2.05) is 30.3 Å². The fourth-order valence-electron chi connectivity index (χ4n) is 4.14. The van der Waals surface area contributed by atoms with Crippen LogP contribution in [-0.4, -0.2) is 41.2 Å². The molecule has 1 aliphatic heterocycles. The lowest BCUT2D eigenvalue weighted by Crippen LogP contribution is -2.29. The van der Waals surface area contributed by atoms with Crippen molar-refractivity contribution in [2.75, 3.05) is 19.1 Å². The summed E-state index contributed by atoms with van der Waals surface area (Å²) in [6.07, 6.45) is 0. The van der Waals surface area contributed by atoms with Crippen molar-refractivity contribution in [1.29, 1.82) is 0 Å². The third kappa shape index (κ3) is 5.00. The number of Topliss-reactive ketones (excluding diaryl/α,β-unsaturated/α-hetero) is 1. The van der Waals surface area contributed by atoms with Gasteiger partial charge in [-0.2, -0.15) is 0 Å². The third-order valence-electron chi connectivity index (χ3n) is 6.02. The van der Waals surface area contributed by atoms with Crippen LogP contribution in [0.2, 0.25) is 0 Å². The average Bonchev–Trinajstić information content (AvgIpc) is 3.54. The van der Waals surface area contributed by atoms with Crippen LogP contribution in [-0.2, 0) is 15.3 Å². The Bertz CT molecular complexity index is 1500. The second-order valence-corrected chi connectivity index (χ2v) is 10.5. The number of amides is 1. The molecule has 3 aromatic carbocycles. The van der Waals surface area contributed by atoms with Gasteiger partial charge < -0.3 is 14.6 Å². The molecular formula is C28H23N3O5S2. The first-order valence-corrected chi connectivity index (χ1v) is 13.4. The van der Waals surface area contributed by atoms with Crippen LogP contribution in [0, 0.1) is 0 Å². The second kappa shape index (κ2) is 11.1. The van der Waals surface area contributed by atoms with Crippen LogP contribution < -0.4 is 14.4 Å². The van der Waals surface area contributed by atoms with Gasteiger partial charge in [-0.15, -0.1) is 10.2 Å². The van der Waals surface area contributed by atoms with E-state index in [2.05, 4.69) is 10.2 Å². The number of aromatic nitrogens is 2. The molecule has 8 nitrogen and oxygen atoms in total. The molecule has 1 aliphatic rings. The molecule has 0 aliphatic carbocycles. The first-order valence-electron chi connectivity index (χ1n) is 11.6. The number of hydrogen-bond acceptors (Lipinski definition) is 9. The Balaban J connectivity index is 1.56. The van der Waals surface area contributed by atoms with E-state index < -0.39 is 17.7 Å². The van der Waals surface area contributed by atoms with Gasteiger partial charge in [0.25, 0.3) is 5.78 Å². The summed E-state index contributed by atoms with van der Waals surface area (Å²) in [6.45, 7) is 0. The van der Waals surface area contributed by atoms with Gasteiger partial charge in [-0.1, -0.05) is 65.6 Å². The van der Waals surface area contributed by atoms with E-state index in [1.54, 1.807) is 48.5 Å². The van der Waals surface area contributed by atoms with Crippen molar-refractivity contribution in [3.8, 4) is 11.5 Å². The fraction of sp³-hybridized carbons (Fsp3) is 0.143. The Morgan fingerprint density at radius 2 is 1.68 bits per heavy atom. The van der Waals surface area contributed by atoms with Crippen molar-refractivity contribution in [2.45, 2.75) is 16.1 Å². The minimum atomic E-state index is -0.924. The molecule has 1 aromatic heterocycles. The van der Waals surface area contributed by atoms with Crippen LogP contribution >= 0.6 is 23.1 Å². The molecule has 5 rings (SSSR count). The molecule has 0 saturated carbocycles. The number of methoxy groups -OCH3 is 2. The molecule has 0 bridgehead atoms. The Kier molecular flexibility index (Phi) is 7.43. The van der Waals surface area contributed by atoms with Crippen LogP contribution in [0.15, 0.2) is 88.8 Å². The Hall–Kier alpha value is -4.15. The van der Waals surface area contributed by atoms with E-state index in [4.69, 9.17) is 9.47 Å². The van der Waals surface area contributed by atoms with Crippen molar-refractivity contribution in [3.63, 3.8) is 0 Å². The van der Waals surface area contributed by atoms with Crippen LogP contribution in [0.25, 0.3) is 5.76 Å². The molecule has 1 saturated heterocycles. The number of rotatable bonds is 8. The van der Waals surface area contributed by atoms with Gasteiger partial charge >= 0.3 is 5.91 Å². The number of ketones is 1. The van der Waals surface area contributed by atoms with E-state index in [0.717, 1.165) is 5.56 Å². The lowest BCUT2D eigenvalue weighted by atomic mass is 9.95. The van der Waals surface area contributed by atoms with Crippen molar-refractivity contribution >= 4 is 45.7 Å². The molecule has 1 N–H and O–H groups in total. The molecule has 1 amide bonds. The number of carbonyl (C=O) groups is 2. The minimum absolute atomic E-state index is 0.0397. The molecule has 0 spiro atoms. The van der Waals surface area contributed by atoms with Crippen LogP contribution in [0.5, 0.6) is 11.5 Å². The smallest absolute Gasteiger partial charge is 0.301 e. The minimum Gasteiger partial charge on any atom is -0.507 e. The molecule has 192 valence electrons. The highest BCUT2D eigenvalue weighted by Crippen LogP contribution is 2.44. The molecule has 38 heavy (non-hydrogen) atoms. The number of aliphatic hydroxyl groups is 1. The molecule has 1 unspecified atom stereocenters. The summed E-state index contributed by atoms with van der Waals surface area (Å²) in [7, 11) is 3.08. The van der Waals surface area contributed by atoms with Gasteiger partial charge in [0.05, 0.1) is 25.8 Å². The lowest BCUT2D eigenvalue weighted by Gasteiger charge is -2.23. The highest BCUT2D eigenvalue weighted by Gasteiger charge is 2.48. The molecule has 1 fully saturated rings. The van der Waals surface area contributed by atoms with E-state index >= 15 is 0 Å². The van der Waals surface area contributed by atoms with E-state index in [0.29, 0.717) is 32.7 Å². The number of ether oxygens (including phenoxy) is 2. The summed E-state index contributed by atoms with van der Waals surface area (Å²) in [6, 6.07) is 22.7. The van der Waals surface area contributed by atoms with E-state index in [9.17, 15) is 14.7 Å². The maximum Gasteiger partial charge on any atom is 0.301 e. The highest BCUT2D eigenvalue weighted by atomic mass is 32.2. The maximum atomic E-state index is 13.4. The van der Waals surface area contributed by atoms with Gasteiger partial charge in [0.2, 0.25) is 5.13 Å². The Labute approximate surface area is 227 Å². The number of benzene rings is 3. The van der Waals surface area contributed by atoms with E-state index in [1.165, 1.54) is 42.2 Å². The van der Waals surface area contributed by atoms with Crippen molar-refractivity contribution < 1.29 is 24.2 Å². The molecule has 1 atom stereocenters. The fourth-order valence-corrected chi connectivity index (χ4v) is 5.96. The van der Waals surface area contributed by atoms with Crippen LogP contribution in [0.4, 0.5) is 5.13 Å². The lowest BCUT2D eigenvalue weighted by molar-refractivity contribution is -0.132. The predicted octanol–water partition coefficient (Wildman–Crippen LogP) is 5.47. The predicted molar refractivity (Wildman–Crippen MR) is 147 cm³/mol. The third-order valence-corrected chi connectivity index (χ3v) is 8.15. The second-order valence-electron chi connectivity index (χ2n) is 8.30. The zero-order valence-corrected chi connectivity index (χ0v) is 22.2. The van der Waals surface area contributed by atoms with Gasteiger partial charge in [0, 0.05) is 11.3 Å². The molecule has 10 heteroatoms. The van der Waals surface area contributed by atoms with Crippen molar-refractivity contribution in [2.24, 2.45) is 0 Å². The number of nitrogens with zero attached hydrogens (tertiary/aromatic N) is 3. The van der Waals surface area contributed by atoms with Crippen LogP contribution in [0.3, 0.4) is 0 Å². The molecule has 0 radical (unpaired) electrons. The molecular weight excluding hydrogens is 522 g/mol. The summed E-state index contributed by atoms with van der Waals surface area (Å²) >= 11 is 2.71.